The molecule has 1 atom stereocenters. The van der Waals surface area contributed by atoms with Gasteiger partial charge in [-0.25, -0.2) is 46.2 Å². The van der Waals surface area contributed by atoms with Crippen molar-refractivity contribution in [3.05, 3.63) is 281 Å². The van der Waals surface area contributed by atoms with Gasteiger partial charge >= 0.3 is 0 Å². The second-order valence-electron chi connectivity index (χ2n) is 32.0. The quantitative estimate of drug-likeness (QED) is 0.0313. The number of aryl methyl sites for hydroxylation is 1. The summed E-state index contributed by atoms with van der Waals surface area (Å²) in [4.78, 5) is 71.5. The molecule has 4 aromatic heterocycles. The molecule has 26 nitrogen and oxygen atoms in total. The molecule has 4 fully saturated rings. The van der Waals surface area contributed by atoms with Crippen LogP contribution in [0.5, 0.6) is 40.2 Å². The number of aromatic nitrogens is 4. The monoisotopic (exact) mass is 1760 g/mol. The van der Waals surface area contributed by atoms with Gasteiger partial charge < -0.3 is 59.5 Å². The summed E-state index contributed by atoms with van der Waals surface area (Å²) < 4.78 is 91.0. The van der Waals surface area contributed by atoms with Crippen LogP contribution in [0.2, 0.25) is 5.02 Å². The van der Waals surface area contributed by atoms with Gasteiger partial charge in [0, 0.05) is 57.0 Å². The summed E-state index contributed by atoms with van der Waals surface area (Å²) >= 11 is 6.37. The molecule has 8 aromatic carbocycles. The number of anilines is 4. The molecule has 4 saturated carbocycles. The van der Waals surface area contributed by atoms with E-state index in [0.717, 1.165) is 148 Å². The van der Waals surface area contributed by atoms with Gasteiger partial charge in [0.15, 0.2) is 34.5 Å². The Balaban J connectivity index is 0.000000156. The maximum Gasteiger partial charge on any atom is 0.240 e. The number of aliphatic hydroxyl groups excluding tert-OH is 1. The number of rotatable bonds is 23. The van der Waals surface area contributed by atoms with E-state index in [4.69, 9.17) is 44.8 Å². The number of ether oxygens (including phenoxy) is 7. The average Bonchev–Trinajstić information content (AvgIpc) is 1.61. The number of hydrogen-bond acceptors (Lipinski definition) is 20. The minimum Gasteiger partial charge on any atom is -0.497 e. The summed E-state index contributed by atoms with van der Waals surface area (Å²) in [5, 5.41) is 22.0. The van der Waals surface area contributed by atoms with E-state index in [9.17, 15) is 41.1 Å². The molecule has 29 heteroatoms. The van der Waals surface area contributed by atoms with Crippen LogP contribution in [0.25, 0.3) is 44.8 Å². The molecule has 0 spiro atoms. The second-order valence-corrected chi connectivity index (χ2v) is 36.1. The largest absolute Gasteiger partial charge is 0.497 e. The van der Waals surface area contributed by atoms with Crippen LogP contribution in [0.1, 0.15) is 116 Å². The Morgan fingerprint density at radius 1 is 0.444 bits per heavy atom. The van der Waals surface area contributed by atoms with Gasteiger partial charge in [-0.1, -0.05) is 140 Å². The number of carbonyl (C=O) groups is 4. The Hall–Kier alpha value is -13.1. The maximum absolute atomic E-state index is 13.3. The lowest BCUT2D eigenvalue weighted by Gasteiger charge is -2.28. The smallest absolute Gasteiger partial charge is 0.240 e. The number of carbonyl (C=O) groups excluding carboxylic acids is 4. The van der Waals surface area contributed by atoms with Crippen LogP contribution in [0.4, 0.5) is 23.3 Å². The third kappa shape index (κ3) is 18.4. The van der Waals surface area contributed by atoms with Crippen molar-refractivity contribution in [2.75, 3.05) is 62.3 Å². The Kier molecular flexibility index (Phi) is 24.9. The van der Waals surface area contributed by atoms with E-state index in [1.165, 1.54) is 38.2 Å². The summed E-state index contributed by atoms with van der Waals surface area (Å²) in [6.07, 6.45) is 9.36. The second kappa shape index (κ2) is 36.2. The third-order valence-corrected chi connectivity index (χ3v) is 27.2. The van der Waals surface area contributed by atoms with Gasteiger partial charge in [-0.05, 0) is 240 Å². The van der Waals surface area contributed by atoms with E-state index in [-0.39, 0.29) is 66.0 Å². The van der Waals surface area contributed by atoms with Gasteiger partial charge in [-0.3, -0.25) is 19.2 Å². The van der Waals surface area contributed by atoms with Crippen LogP contribution in [-0.2, 0) is 60.9 Å². The molecule has 0 bridgehead atoms. The number of nitrogens with one attached hydrogen (secondary N) is 6. The van der Waals surface area contributed by atoms with E-state index >= 15 is 0 Å². The average molecular weight is 1760 g/mol. The van der Waals surface area contributed by atoms with E-state index in [1.54, 1.807) is 61.8 Å². The Morgan fingerprint density at radius 2 is 0.889 bits per heavy atom. The highest BCUT2D eigenvalue weighted by Crippen LogP contribution is 2.54. The first-order chi connectivity index (χ1) is 60.8. The summed E-state index contributed by atoms with van der Waals surface area (Å²) in [7, 11) is -4.19. The molecule has 126 heavy (non-hydrogen) atoms. The van der Waals surface area contributed by atoms with Gasteiger partial charge in [-0.15, -0.1) is 0 Å². The first-order valence-corrected chi connectivity index (χ1v) is 44.8. The molecular formula is C97H101ClN10O16S2. The summed E-state index contributed by atoms with van der Waals surface area (Å²) in [6.45, 7) is 7.99. The highest BCUT2D eigenvalue weighted by Gasteiger charge is 2.54. The highest BCUT2D eigenvalue weighted by molar-refractivity contribution is 7.89. The number of fused-ring (bicyclic) bond motifs is 3. The zero-order chi connectivity index (χ0) is 88.1. The first-order valence-electron chi connectivity index (χ1n) is 41.4. The van der Waals surface area contributed by atoms with Gasteiger partial charge in [0.25, 0.3) is 0 Å². The van der Waals surface area contributed by atoms with Crippen LogP contribution < -0.4 is 63.9 Å². The predicted octanol–water partition coefficient (Wildman–Crippen LogP) is 17.8. The topological polar surface area (TPSA) is 345 Å². The predicted molar refractivity (Wildman–Crippen MR) is 488 cm³/mol. The van der Waals surface area contributed by atoms with Gasteiger partial charge in [0.05, 0.1) is 56.1 Å². The standard InChI is InChI=1S/C25H25N3O6S.C24H21ClN2O3.C24H25N3O3S.C24H22N2O4.4H2/c1-16(29)14-26-35(31,32)19-8-5-17(6-9-19)20-3-2-4-23(27-20)28-24(30)25(11-12-25)18-7-10-21-22(13-18)34-15-33-21;1-14-15(2)22(26-12-18(14)17-5-3-4-6-19(17)25)27-23(28)24(9-10-24)16-7-8-20-21(11-16)30-13-29-20;1-25-31(29,30)20-14-12-18(13-15-20)21-10-7-11-22(26-21)27-23(28)24(16-5-6-17-24)19-8-3-2-4-9-19;1-15-19(16-4-3-5-18(12-16)28-2)7-9-22(25-15)26-23(27)24(10-11-24)17-6-8-20-21(13-17)30-14-29-20;;;;/h2-10,13,16,26,29H,11-12,14-15H2,1H3,(H,27,28,30);3-8,11-12H,9-10,13H2,1-2H3,(H,26,27,28);2-4,7-15,25H,5-6,16-17H2,1H3,(H,26,27,28);3-9,12-13H,10-11,14H2,1-2H3,(H,25,26,27);4*1H/t16-;;;;;;;/m1......./s1. The number of hydrogen-bond donors (Lipinski definition) is 7. The summed E-state index contributed by atoms with van der Waals surface area (Å²) in [5.74, 6) is 6.74. The van der Waals surface area contributed by atoms with Crippen LogP contribution in [0.3, 0.4) is 0 Å². The van der Waals surface area contributed by atoms with E-state index < -0.39 is 47.8 Å². The fourth-order valence-electron chi connectivity index (χ4n) is 16.1. The number of aliphatic hydroxyl groups is 1. The summed E-state index contributed by atoms with van der Waals surface area (Å²) in [5.41, 5.74) is 11.1. The van der Waals surface area contributed by atoms with E-state index in [0.29, 0.717) is 68.2 Å². The first kappa shape index (κ1) is 86.4. The lowest BCUT2D eigenvalue weighted by atomic mass is 9.78. The van der Waals surface area contributed by atoms with Crippen molar-refractivity contribution in [2.45, 2.75) is 129 Å². The molecule has 4 amide bonds. The summed E-state index contributed by atoms with van der Waals surface area (Å²) in [6, 6.07) is 69.9. The Bertz CT molecular complexity index is 6410. The van der Waals surface area contributed by atoms with Crippen LogP contribution in [-0.4, -0.2) is 113 Å². The molecule has 3 aliphatic heterocycles. The fourth-order valence-corrected chi connectivity index (χ4v) is 18.2. The lowest BCUT2D eigenvalue weighted by Crippen LogP contribution is -2.38. The number of methoxy groups -OCH3 is 1. The SMILES string of the molecule is CNS(=O)(=O)c1ccc(-c2cccc(NC(=O)C3(c4ccccc4)CCCC3)n2)cc1.COc1cccc(-c2ccc(NC(=O)C3(c4ccc5c(c4)OCO5)CC3)nc2C)c1.C[C@@H](O)CNS(=O)(=O)c1ccc(-c2cccc(NC(=O)C3(c4ccc5c(c4)OCO5)CC3)n2)cc1.Cc1c(-c2ccccc2Cl)cnc(NC(=O)C2(c3ccc4c(c3)OCO4)CC2)c1C.[HH].[HH].[HH].[HH]. The van der Waals surface area contributed by atoms with Crippen molar-refractivity contribution in [1.29, 1.82) is 0 Å². The Morgan fingerprint density at radius 3 is 1.35 bits per heavy atom. The van der Waals surface area contributed by atoms with Gasteiger partial charge in [0.1, 0.15) is 29.0 Å². The minimum atomic E-state index is -3.72. The van der Waals surface area contributed by atoms with Crippen molar-refractivity contribution >= 4 is 78.5 Å². The van der Waals surface area contributed by atoms with Crippen molar-refractivity contribution in [1.82, 2.24) is 29.4 Å². The lowest BCUT2D eigenvalue weighted by molar-refractivity contribution is -0.121. The molecule has 7 N–H and O–H groups in total. The number of amides is 4. The molecule has 7 aliphatic rings. The number of halogens is 1. The third-order valence-electron chi connectivity index (χ3n) is 24.0. The number of nitrogens with zero attached hydrogens (tertiary/aromatic N) is 4. The highest BCUT2D eigenvalue weighted by atomic mass is 35.5. The maximum atomic E-state index is 13.3. The molecule has 19 rings (SSSR count). The number of pyridine rings is 4. The molecule has 12 aromatic rings. The van der Waals surface area contributed by atoms with Crippen LogP contribution in [0, 0.1) is 20.8 Å². The van der Waals surface area contributed by atoms with Crippen molar-refractivity contribution < 1.29 is 80.0 Å². The fraction of sp³-hybridized carbons (Fsp3) is 0.258. The van der Waals surface area contributed by atoms with Gasteiger partial charge in [-0.2, -0.15) is 0 Å². The number of benzene rings is 8. The molecule has 0 radical (unpaired) electrons. The molecule has 4 aliphatic carbocycles. The zero-order valence-electron chi connectivity index (χ0n) is 70.0. The van der Waals surface area contributed by atoms with Crippen LogP contribution >= 0.6 is 11.6 Å². The van der Waals surface area contributed by atoms with Crippen molar-refractivity contribution in [3.8, 4) is 85.0 Å². The Labute approximate surface area is 741 Å². The minimum absolute atomic E-state index is 0. The van der Waals surface area contributed by atoms with Crippen molar-refractivity contribution in [2.24, 2.45) is 0 Å². The zero-order valence-corrected chi connectivity index (χ0v) is 72.4. The van der Waals surface area contributed by atoms with Crippen molar-refractivity contribution in [3.63, 3.8) is 0 Å². The van der Waals surface area contributed by atoms with Crippen LogP contribution in [0.15, 0.2) is 247 Å². The number of sulfonamides is 2. The normalized spacial score (nSPS) is 15.8. The van der Waals surface area contributed by atoms with E-state index in [1.807, 2.05) is 178 Å². The molecule has 0 saturated heterocycles. The molecule has 7 heterocycles. The molecular weight excluding hydrogens is 1660 g/mol. The molecule has 0 unspecified atom stereocenters. The van der Waals surface area contributed by atoms with E-state index in [2.05, 4.69) is 50.6 Å². The van der Waals surface area contributed by atoms with Gasteiger partial charge in [0.2, 0.25) is 64.1 Å². The molecule has 654 valence electrons.